The standard InChI is InChI=1S/C9H6ClF3O3/c1-16-7-5(9(11,12)13)2-4(8(14)15)3-6(7)10/h2-3H,1H3,(H,14,15)/p-1. The molecule has 0 spiro atoms. The van der Waals surface area contributed by atoms with Gasteiger partial charge in [-0.3, -0.25) is 0 Å². The minimum absolute atomic E-state index is 0.417. The number of carboxylic acids is 1. The second-order valence-electron chi connectivity index (χ2n) is 2.82. The van der Waals surface area contributed by atoms with Crippen LogP contribution in [-0.4, -0.2) is 13.1 Å². The molecule has 1 aromatic carbocycles. The Bertz CT molecular complexity index is 429. The summed E-state index contributed by atoms with van der Waals surface area (Å²) in [4.78, 5) is 10.5. The van der Waals surface area contributed by atoms with E-state index in [2.05, 4.69) is 4.74 Å². The number of rotatable bonds is 2. The number of carboxylic acid groups (broad SMARTS) is 1. The number of carbonyl (C=O) groups is 1. The van der Waals surface area contributed by atoms with E-state index in [9.17, 15) is 23.1 Å². The van der Waals surface area contributed by atoms with Crippen LogP contribution in [0.15, 0.2) is 12.1 Å². The molecule has 0 radical (unpaired) electrons. The zero-order valence-electron chi connectivity index (χ0n) is 7.89. The zero-order valence-corrected chi connectivity index (χ0v) is 8.65. The monoisotopic (exact) mass is 253 g/mol. The van der Waals surface area contributed by atoms with Crippen LogP contribution in [-0.2, 0) is 6.18 Å². The molecule has 1 rings (SSSR count). The fourth-order valence-corrected chi connectivity index (χ4v) is 1.43. The predicted octanol–water partition coefficient (Wildman–Crippen LogP) is 1.73. The molecule has 0 N–H and O–H groups in total. The SMILES string of the molecule is COc1c(Cl)cc(C(=O)[O-])cc1C(F)(F)F. The van der Waals surface area contributed by atoms with Crippen LogP contribution in [0.3, 0.4) is 0 Å². The first-order valence-corrected chi connectivity index (χ1v) is 4.31. The smallest absolute Gasteiger partial charge is 0.420 e. The number of hydrogen-bond acceptors (Lipinski definition) is 3. The molecule has 0 saturated carbocycles. The molecule has 16 heavy (non-hydrogen) atoms. The summed E-state index contributed by atoms with van der Waals surface area (Å²) in [5.74, 6) is -2.35. The van der Waals surface area contributed by atoms with Gasteiger partial charge in [-0.05, 0) is 17.7 Å². The van der Waals surface area contributed by atoms with Gasteiger partial charge < -0.3 is 14.6 Å². The first-order valence-electron chi connectivity index (χ1n) is 3.93. The van der Waals surface area contributed by atoms with Crippen LogP contribution in [0.2, 0.25) is 5.02 Å². The molecule has 0 atom stereocenters. The van der Waals surface area contributed by atoms with Crippen molar-refractivity contribution in [3.63, 3.8) is 0 Å². The number of hydrogen-bond donors (Lipinski definition) is 0. The largest absolute Gasteiger partial charge is 0.545 e. The number of benzene rings is 1. The van der Waals surface area contributed by atoms with Crippen LogP contribution < -0.4 is 9.84 Å². The Morgan fingerprint density at radius 1 is 1.44 bits per heavy atom. The van der Waals surface area contributed by atoms with Gasteiger partial charge in [0.05, 0.1) is 23.7 Å². The van der Waals surface area contributed by atoms with Crippen molar-refractivity contribution < 1.29 is 27.8 Å². The van der Waals surface area contributed by atoms with Gasteiger partial charge >= 0.3 is 6.18 Å². The maximum Gasteiger partial charge on any atom is 0.420 e. The first-order chi connectivity index (χ1) is 7.27. The molecule has 88 valence electrons. The van der Waals surface area contributed by atoms with E-state index in [1.165, 1.54) is 0 Å². The third-order valence-electron chi connectivity index (χ3n) is 1.79. The maximum atomic E-state index is 12.5. The Balaban J connectivity index is 3.49. The molecule has 0 heterocycles. The first kappa shape index (κ1) is 12.6. The van der Waals surface area contributed by atoms with Crippen molar-refractivity contribution in [3.8, 4) is 5.75 Å². The highest BCUT2D eigenvalue weighted by atomic mass is 35.5. The van der Waals surface area contributed by atoms with Gasteiger partial charge in [0.15, 0.2) is 0 Å². The third-order valence-corrected chi connectivity index (χ3v) is 2.07. The van der Waals surface area contributed by atoms with Crippen molar-refractivity contribution in [2.75, 3.05) is 7.11 Å². The van der Waals surface area contributed by atoms with Crippen molar-refractivity contribution in [2.45, 2.75) is 6.18 Å². The lowest BCUT2D eigenvalue weighted by Gasteiger charge is -2.15. The van der Waals surface area contributed by atoms with Crippen molar-refractivity contribution in [1.82, 2.24) is 0 Å². The van der Waals surface area contributed by atoms with E-state index in [1.807, 2.05) is 0 Å². The van der Waals surface area contributed by atoms with Gasteiger partial charge in [-0.25, -0.2) is 0 Å². The summed E-state index contributed by atoms with van der Waals surface area (Å²) < 4.78 is 42.0. The number of methoxy groups -OCH3 is 1. The summed E-state index contributed by atoms with van der Waals surface area (Å²) in [6, 6.07) is 1.25. The van der Waals surface area contributed by atoms with Crippen LogP contribution in [0, 0.1) is 0 Å². The normalized spacial score (nSPS) is 11.3. The topological polar surface area (TPSA) is 49.4 Å². The Morgan fingerprint density at radius 2 is 2.00 bits per heavy atom. The van der Waals surface area contributed by atoms with Crippen LogP contribution in [0.4, 0.5) is 13.2 Å². The molecule has 1 aromatic rings. The van der Waals surface area contributed by atoms with E-state index < -0.39 is 34.0 Å². The molecule has 0 aliphatic heterocycles. The van der Waals surface area contributed by atoms with Gasteiger partial charge in [-0.15, -0.1) is 0 Å². The van der Waals surface area contributed by atoms with Gasteiger partial charge in [-0.2, -0.15) is 13.2 Å². The van der Waals surface area contributed by atoms with E-state index in [-0.39, 0.29) is 0 Å². The van der Waals surface area contributed by atoms with Gasteiger partial charge in [0, 0.05) is 0 Å². The van der Waals surface area contributed by atoms with E-state index >= 15 is 0 Å². The molecule has 0 amide bonds. The molecule has 0 aliphatic carbocycles. The number of aromatic carboxylic acids is 1. The summed E-state index contributed by atoms with van der Waals surface area (Å²) in [6.45, 7) is 0. The molecule has 0 saturated heterocycles. The highest BCUT2D eigenvalue weighted by molar-refractivity contribution is 6.32. The number of carbonyl (C=O) groups excluding carboxylic acids is 1. The van der Waals surface area contributed by atoms with Gasteiger partial charge in [0.2, 0.25) is 0 Å². The van der Waals surface area contributed by atoms with Gasteiger partial charge in [0.1, 0.15) is 5.75 Å². The Kier molecular flexibility index (Phi) is 3.32. The summed E-state index contributed by atoms with van der Waals surface area (Å²) in [5, 5.41) is 10.0. The quantitative estimate of drug-likeness (QED) is 0.806. The fraction of sp³-hybridized carbons (Fsp3) is 0.222. The Labute approximate surface area is 93.4 Å². The predicted molar refractivity (Wildman–Crippen MR) is 47.3 cm³/mol. The molecule has 7 heteroatoms. The summed E-state index contributed by atoms with van der Waals surface area (Å²) in [7, 11) is 1.01. The minimum Gasteiger partial charge on any atom is -0.545 e. The average molecular weight is 254 g/mol. The average Bonchev–Trinajstić information content (AvgIpc) is 2.14. The fourth-order valence-electron chi connectivity index (χ4n) is 1.13. The summed E-state index contributed by atoms with van der Waals surface area (Å²) in [5.41, 5.74) is -1.90. The van der Waals surface area contributed by atoms with Crippen molar-refractivity contribution in [1.29, 1.82) is 0 Å². The third kappa shape index (κ3) is 2.38. The van der Waals surface area contributed by atoms with E-state index in [4.69, 9.17) is 11.6 Å². The molecule has 3 nitrogen and oxygen atoms in total. The molecular formula is C9H5ClF3O3-. The van der Waals surface area contributed by atoms with Crippen LogP contribution >= 0.6 is 11.6 Å². The highest BCUT2D eigenvalue weighted by Gasteiger charge is 2.35. The van der Waals surface area contributed by atoms with Crippen molar-refractivity contribution in [3.05, 3.63) is 28.3 Å². The Hall–Kier alpha value is -1.43. The molecule has 0 aromatic heterocycles. The number of alkyl halides is 3. The minimum atomic E-state index is -4.75. The zero-order chi connectivity index (χ0) is 12.5. The molecule has 0 bridgehead atoms. The second-order valence-corrected chi connectivity index (χ2v) is 3.23. The number of halogens is 4. The maximum absolute atomic E-state index is 12.5. The molecular weight excluding hydrogens is 249 g/mol. The van der Waals surface area contributed by atoms with Crippen LogP contribution in [0.5, 0.6) is 5.75 Å². The van der Waals surface area contributed by atoms with E-state index in [1.54, 1.807) is 0 Å². The van der Waals surface area contributed by atoms with Crippen LogP contribution in [0.1, 0.15) is 15.9 Å². The molecule has 0 unspecified atom stereocenters. The van der Waals surface area contributed by atoms with E-state index in [0.29, 0.717) is 6.07 Å². The molecule has 0 aliphatic rings. The number of ether oxygens (including phenoxy) is 1. The van der Waals surface area contributed by atoms with Crippen LogP contribution in [0.25, 0.3) is 0 Å². The summed E-state index contributed by atoms with van der Waals surface area (Å²) >= 11 is 5.47. The van der Waals surface area contributed by atoms with Crippen molar-refractivity contribution >= 4 is 17.6 Å². The summed E-state index contributed by atoms with van der Waals surface area (Å²) in [6.07, 6.45) is -4.75. The van der Waals surface area contributed by atoms with E-state index in [0.717, 1.165) is 13.2 Å². The van der Waals surface area contributed by atoms with Crippen molar-refractivity contribution in [2.24, 2.45) is 0 Å². The van der Waals surface area contributed by atoms with Gasteiger partial charge in [-0.1, -0.05) is 11.6 Å². The lowest BCUT2D eigenvalue weighted by Crippen LogP contribution is -2.23. The van der Waals surface area contributed by atoms with Gasteiger partial charge in [0.25, 0.3) is 0 Å². The Morgan fingerprint density at radius 3 is 2.38 bits per heavy atom. The lowest BCUT2D eigenvalue weighted by atomic mass is 10.1. The molecule has 0 fully saturated rings. The highest BCUT2D eigenvalue weighted by Crippen LogP contribution is 2.40. The second kappa shape index (κ2) is 4.21. The lowest BCUT2D eigenvalue weighted by molar-refractivity contribution is -0.255.